The van der Waals surface area contributed by atoms with Crippen LogP contribution in [0.2, 0.25) is 0 Å². The second-order valence-electron chi connectivity index (χ2n) is 18.0. The SMILES string of the molecule is C[C@@H](OC(=O)[C@H](CC(C)(C)C)N(C)C(=O)[C@@H](Cc1ccc(C(C)(C)C)cc1)OC(=O)[C@H](CC(C)(C)F)N(C)C(=O)OC(C)(C)C)C(=O)OCc1ccccc1. The van der Waals surface area contributed by atoms with Crippen molar-refractivity contribution in [1.29, 1.82) is 0 Å². The number of benzene rings is 2. The fourth-order valence-electron chi connectivity index (χ4n) is 5.54. The van der Waals surface area contributed by atoms with Crippen molar-refractivity contribution < 1.29 is 47.3 Å². The van der Waals surface area contributed by atoms with Crippen LogP contribution >= 0.6 is 0 Å². The molecule has 0 unspecified atom stereocenters. The van der Waals surface area contributed by atoms with E-state index in [2.05, 4.69) is 20.8 Å². The van der Waals surface area contributed by atoms with Crippen LogP contribution in [0.3, 0.4) is 0 Å². The molecule has 2 amide bonds. The molecule has 0 fully saturated rings. The van der Waals surface area contributed by atoms with E-state index in [1.54, 1.807) is 32.9 Å². The molecule has 0 aliphatic carbocycles. The zero-order chi connectivity index (χ0) is 42.1. The maximum Gasteiger partial charge on any atom is 0.410 e. The van der Waals surface area contributed by atoms with Crippen molar-refractivity contribution in [2.24, 2.45) is 5.41 Å². The number of rotatable bonds is 15. The molecule has 0 aromatic heterocycles. The molecule has 0 radical (unpaired) electrons. The summed E-state index contributed by atoms with van der Waals surface area (Å²) in [5.74, 6) is -3.38. The number of ether oxygens (including phenoxy) is 4. The number of esters is 3. The molecule has 2 aromatic carbocycles. The van der Waals surface area contributed by atoms with Crippen molar-refractivity contribution in [2.75, 3.05) is 14.1 Å². The molecule has 0 aliphatic rings. The van der Waals surface area contributed by atoms with Crippen LogP contribution in [0.25, 0.3) is 0 Å². The fourth-order valence-corrected chi connectivity index (χ4v) is 5.54. The normalized spacial score (nSPS) is 14.5. The highest BCUT2D eigenvalue weighted by Crippen LogP contribution is 2.28. The van der Waals surface area contributed by atoms with E-state index in [4.69, 9.17) is 18.9 Å². The third kappa shape index (κ3) is 16.0. The Labute approximate surface area is 327 Å². The highest BCUT2D eigenvalue weighted by atomic mass is 19.1. The lowest BCUT2D eigenvalue weighted by atomic mass is 9.86. The number of hydrogen-bond donors (Lipinski definition) is 0. The Hall–Kier alpha value is -4.48. The summed E-state index contributed by atoms with van der Waals surface area (Å²) < 4.78 is 37.5. The molecule has 0 saturated carbocycles. The highest BCUT2D eigenvalue weighted by molar-refractivity contribution is 5.90. The Morgan fingerprint density at radius 2 is 1.20 bits per heavy atom. The van der Waals surface area contributed by atoms with E-state index in [1.807, 2.05) is 63.2 Å². The molecule has 0 spiro atoms. The van der Waals surface area contributed by atoms with E-state index in [1.165, 1.54) is 34.9 Å². The first kappa shape index (κ1) is 46.7. The molecule has 4 atom stereocenters. The van der Waals surface area contributed by atoms with E-state index in [-0.39, 0.29) is 24.9 Å². The molecule has 11 nitrogen and oxygen atoms in total. The van der Waals surface area contributed by atoms with Gasteiger partial charge in [0.25, 0.3) is 5.91 Å². The summed E-state index contributed by atoms with van der Waals surface area (Å²) >= 11 is 0. The Kier molecular flexibility index (Phi) is 16.0. The number of hydrogen-bond acceptors (Lipinski definition) is 9. The van der Waals surface area contributed by atoms with Gasteiger partial charge in [0.15, 0.2) is 12.2 Å². The minimum absolute atomic E-state index is 0.0150. The number of nitrogens with zero attached hydrogens (tertiary/aromatic N) is 2. The molecule has 0 N–H and O–H groups in total. The Balaban J connectivity index is 2.49. The van der Waals surface area contributed by atoms with Gasteiger partial charge in [-0.25, -0.2) is 23.6 Å². The zero-order valence-electron chi connectivity index (χ0n) is 35.3. The number of amides is 2. The molecule has 55 heavy (non-hydrogen) atoms. The van der Waals surface area contributed by atoms with Gasteiger partial charge in [0, 0.05) is 26.9 Å². The Morgan fingerprint density at radius 1 is 0.673 bits per heavy atom. The average Bonchev–Trinajstić information content (AvgIpc) is 3.05. The lowest BCUT2D eigenvalue weighted by molar-refractivity contribution is -0.174. The van der Waals surface area contributed by atoms with Gasteiger partial charge in [-0.1, -0.05) is 96.1 Å². The molecule has 12 heteroatoms. The molecule has 0 aliphatic heterocycles. The Bertz CT molecular complexity index is 1600. The van der Waals surface area contributed by atoms with E-state index < -0.39 is 77.3 Å². The van der Waals surface area contributed by atoms with Crippen LogP contribution in [-0.4, -0.2) is 89.4 Å². The second kappa shape index (κ2) is 18.9. The van der Waals surface area contributed by atoms with Gasteiger partial charge in [0.1, 0.15) is 30.0 Å². The lowest BCUT2D eigenvalue weighted by Crippen LogP contribution is -2.53. The number of carbonyl (C=O) groups excluding carboxylic acids is 5. The molecule has 0 saturated heterocycles. The molecule has 2 aromatic rings. The first-order chi connectivity index (χ1) is 25.1. The first-order valence-electron chi connectivity index (χ1n) is 18.7. The van der Waals surface area contributed by atoms with Crippen molar-refractivity contribution in [1.82, 2.24) is 9.80 Å². The van der Waals surface area contributed by atoms with Crippen molar-refractivity contribution >= 4 is 29.9 Å². The smallest absolute Gasteiger partial charge is 0.410 e. The van der Waals surface area contributed by atoms with Gasteiger partial charge in [0.2, 0.25) is 0 Å². The maximum atomic E-state index is 15.2. The number of halogens is 1. The van der Waals surface area contributed by atoms with Gasteiger partial charge in [0.05, 0.1) is 0 Å². The van der Waals surface area contributed by atoms with Crippen LogP contribution in [0.4, 0.5) is 9.18 Å². The van der Waals surface area contributed by atoms with Gasteiger partial charge in [-0.2, -0.15) is 0 Å². The van der Waals surface area contributed by atoms with E-state index >= 15 is 4.39 Å². The van der Waals surface area contributed by atoms with Crippen LogP contribution in [0.5, 0.6) is 0 Å². The predicted octanol–water partition coefficient (Wildman–Crippen LogP) is 7.75. The van der Waals surface area contributed by atoms with Crippen molar-refractivity contribution in [2.45, 2.75) is 150 Å². The minimum Gasteiger partial charge on any atom is -0.458 e. The van der Waals surface area contributed by atoms with Crippen LogP contribution in [0.1, 0.15) is 113 Å². The molecular weight excluding hydrogens is 707 g/mol. The van der Waals surface area contributed by atoms with Gasteiger partial charge < -0.3 is 23.8 Å². The van der Waals surface area contributed by atoms with Crippen LogP contribution in [-0.2, 0) is 56.6 Å². The van der Waals surface area contributed by atoms with Crippen molar-refractivity contribution in [3.05, 3.63) is 71.3 Å². The van der Waals surface area contributed by atoms with Gasteiger partial charge >= 0.3 is 24.0 Å². The third-order valence-electron chi connectivity index (χ3n) is 8.62. The predicted molar refractivity (Wildman–Crippen MR) is 209 cm³/mol. The van der Waals surface area contributed by atoms with Gasteiger partial charge in [-0.15, -0.1) is 0 Å². The summed E-state index contributed by atoms with van der Waals surface area (Å²) in [6.45, 7) is 20.7. The maximum absolute atomic E-state index is 15.2. The number of alkyl halides is 1. The molecular formula is C43H63FN2O9. The quantitative estimate of drug-likeness (QED) is 0.132. The summed E-state index contributed by atoms with van der Waals surface area (Å²) in [5.41, 5.74) is -1.02. The average molecular weight is 771 g/mol. The van der Waals surface area contributed by atoms with E-state index in [0.29, 0.717) is 5.56 Å². The van der Waals surface area contributed by atoms with Crippen LogP contribution < -0.4 is 0 Å². The molecule has 0 bridgehead atoms. The van der Waals surface area contributed by atoms with Crippen LogP contribution in [0.15, 0.2) is 54.6 Å². The van der Waals surface area contributed by atoms with Gasteiger partial charge in [-0.05, 0) is 75.5 Å². The fraction of sp³-hybridized carbons (Fsp3) is 0.605. The summed E-state index contributed by atoms with van der Waals surface area (Å²) in [4.78, 5) is 70.3. The monoisotopic (exact) mass is 770 g/mol. The minimum atomic E-state index is -1.92. The Morgan fingerprint density at radius 3 is 1.69 bits per heavy atom. The summed E-state index contributed by atoms with van der Waals surface area (Å²) in [7, 11) is 2.71. The largest absolute Gasteiger partial charge is 0.458 e. The summed E-state index contributed by atoms with van der Waals surface area (Å²) in [6.07, 6.45) is -4.08. The third-order valence-corrected chi connectivity index (χ3v) is 8.62. The molecule has 306 valence electrons. The number of carbonyl (C=O) groups is 5. The molecule has 0 heterocycles. The standard InChI is InChI=1S/C43H63FN2O9/c1-28(36(48)52-27-30-18-16-15-17-19-30)53-37(49)32(25-40(2,3)4)45(13)35(47)34(24-29-20-22-31(23-21-29)41(5,6)7)54-38(50)33(26-43(11,12)44)46(14)39(51)55-42(8,9)10/h15-23,28,32-34H,24-27H2,1-14H3/t28-,32+,33+,34-/m1/s1. The van der Waals surface area contributed by atoms with Crippen molar-refractivity contribution in [3.8, 4) is 0 Å². The zero-order valence-corrected chi connectivity index (χ0v) is 35.3. The van der Waals surface area contributed by atoms with Crippen LogP contribution in [0, 0.1) is 5.41 Å². The highest BCUT2D eigenvalue weighted by Gasteiger charge is 2.41. The number of likely N-dealkylation sites (N-methyl/N-ethyl adjacent to an activating group) is 2. The van der Waals surface area contributed by atoms with E-state index in [0.717, 1.165) is 20.9 Å². The summed E-state index contributed by atoms with van der Waals surface area (Å²) in [6, 6.07) is 13.9. The molecule has 2 rings (SSSR count). The lowest BCUT2D eigenvalue weighted by Gasteiger charge is -2.35. The van der Waals surface area contributed by atoms with E-state index in [9.17, 15) is 24.0 Å². The first-order valence-corrected chi connectivity index (χ1v) is 18.7. The van der Waals surface area contributed by atoms with Gasteiger partial charge in [-0.3, -0.25) is 9.69 Å². The van der Waals surface area contributed by atoms with Crippen molar-refractivity contribution in [3.63, 3.8) is 0 Å². The summed E-state index contributed by atoms with van der Waals surface area (Å²) in [5, 5.41) is 0. The second-order valence-corrected chi connectivity index (χ2v) is 18.0. The topological polar surface area (TPSA) is 129 Å².